The van der Waals surface area contributed by atoms with Crippen LogP contribution in [-0.2, 0) is 14.3 Å². The minimum atomic E-state index is -0.599. The summed E-state index contributed by atoms with van der Waals surface area (Å²) in [6.45, 7) is 2.20. The van der Waals surface area contributed by atoms with Crippen LogP contribution in [0.3, 0.4) is 0 Å². The highest BCUT2D eigenvalue weighted by Gasteiger charge is 2.35. The molecule has 0 fully saturated rings. The van der Waals surface area contributed by atoms with E-state index < -0.39 is 6.04 Å². The monoisotopic (exact) mass is 393 g/mol. The van der Waals surface area contributed by atoms with Gasteiger partial charge in [-0.15, -0.1) is 0 Å². The van der Waals surface area contributed by atoms with Crippen LogP contribution in [0.2, 0.25) is 0 Å². The number of benzene rings is 2. The van der Waals surface area contributed by atoms with E-state index in [0.29, 0.717) is 6.42 Å². The van der Waals surface area contributed by atoms with Crippen molar-refractivity contribution in [2.45, 2.75) is 63.8 Å². The lowest BCUT2D eigenvalue weighted by molar-refractivity contribution is -0.145. The number of carbonyl (C=O) groups is 2. The Kier molecular flexibility index (Phi) is 7.45. The molecule has 0 bridgehead atoms. The van der Waals surface area contributed by atoms with Gasteiger partial charge in [-0.1, -0.05) is 94.0 Å². The van der Waals surface area contributed by atoms with Gasteiger partial charge in [0.05, 0.1) is 13.0 Å². The number of nitrogens with one attached hydrogen (secondary N) is 1. The molecule has 29 heavy (non-hydrogen) atoms. The second-order valence-electron chi connectivity index (χ2n) is 7.75. The second kappa shape index (κ2) is 10.2. The average Bonchev–Trinajstić information content (AvgIpc) is 3.09. The summed E-state index contributed by atoms with van der Waals surface area (Å²) in [5.41, 5.74) is 4.17. The molecule has 0 unspecified atom stereocenters. The maximum Gasteiger partial charge on any atom is 0.328 e. The van der Waals surface area contributed by atoms with Crippen molar-refractivity contribution in [3.63, 3.8) is 0 Å². The van der Waals surface area contributed by atoms with Crippen molar-refractivity contribution in [1.82, 2.24) is 5.32 Å². The zero-order chi connectivity index (χ0) is 20.6. The average molecular weight is 394 g/mol. The van der Waals surface area contributed by atoms with E-state index in [1.54, 1.807) is 0 Å². The lowest BCUT2D eigenvalue weighted by Crippen LogP contribution is -2.43. The molecule has 0 spiro atoms. The quantitative estimate of drug-likeness (QED) is 0.445. The summed E-state index contributed by atoms with van der Waals surface area (Å²) in [5.74, 6) is -0.894. The van der Waals surface area contributed by atoms with Crippen LogP contribution < -0.4 is 5.32 Å². The van der Waals surface area contributed by atoms with Gasteiger partial charge < -0.3 is 10.1 Å². The number of hydrogen-bond acceptors (Lipinski definition) is 3. The van der Waals surface area contributed by atoms with Gasteiger partial charge in [0.1, 0.15) is 6.04 Å². The van der Waals surface area contributed by atoms with Crippen LogP contribution in [0.25, 0.3) is 11.1 Å². The van der Waals surface area contributed by atoms with Gasteiger partial charge in [0.15, 0.2) is 0 Å². The van der Waals surface area contributed by atoms with Gasteiger partial charge in [0.2, 0.25) is 5.91 Å². The summed E-state index contributed by atoms with van der Waals surface area (Å²) in [6, 6.07) is 15.4. The highest BCUT2D eigenvalue weighted by atomic mass is 16.5. The number of amides is 1. The summed E-state index contributed by atoms with van der Waals surface area (Å²) in [5, 5.41) is 2.98. The van der Waals surface area contributed by atoms with Crippen molar-refractivity contribution < 1.29 is 14.3 Å². The van der Waals surface area contributed by atoms with Crippen LogP contribution in [0.5, 0.6) is 0 Å². The molecule has 1 atom stereocenters. The Hall–Kier alpha value is -2.62. The van der Waals surface area contributed by atoms with E-state index in [1.807, 2.05) is 36.4 Å². The zero-order valence-corrected chi connectivity index (χ0v) is 17.4. The smallest absolute Gasteiger partial charge is 0.328 e. The highest BCUT2D eigenvalue weighted by Crippen LogP contribution is 2.44. The van der Waals surface area contributed by atoms with Crippen LogP contribution >= 0.6 is 0 Å². The molecular weight excluding hydrogens is 362 g/mol. The van der Waals surface area contributed by atoms with E-state index in [4.69, 9.17) is 4.74 Å². The van der Waals surface area contributed by atoms with Crippen molar-refractivity contribution in [3.05, 3.63) is 59.7 Å². The molecule has 0 saturated heterocycles. The number of methoxy groups -OCH3 is 1. The maximum absolute atomic E-state index is 13.3. The predicted octanol–water partition coefficient (Wildman–Crippen LogP) is 5.21. The third-order valence-electron chi connectivity index (χ3n) is 5.74. The summed E-state index contributed by atoms with van der Waals surface area (Å²) >= 11 is 0. The molecule has 4 heteroatoms. The molecule has 1 aliphatic carbocycles. The lowest BCUT2D eigenvalue weighted by atomic mass is 9.95. The van der Waals surface area contributed by atoms with Crippen molar-refractivity contribution in [2.24, 2.45) is 0 Å². The van der Waals surface area contributed by atoms with E-state index in [9.17, 15) is 9.59 Å². The van der Waals surface area contributed by atoms with E-state index in [-0.39, 0.29) is 17.8 Å². The van der Waals surface area contributed by atoms with E-state index in [1.165, 1.54) is 32.8 Å². The molecule has 1 amide bonds. The zero-order valence-electron chi connectivity index (χ0n) is 17.4. The molecule has 0 radical (unpaired) electrons. The SMILES string of the molecule is CCCCCCCC[C@@H](NC(=O)C1c2ccccc2-c2ccccc21)C(=O)OC. The molecule has 2 aromatic carbocycles. The first-order chi connectivity index (χ1) is 14.2. The molecule has 4 nitrogen and oxygen atoms in total. The minimum Gasteiger partial charge on any atom is -0.467 e. The third kappa shape index (κ3) is 4.87. The Morgan fingerprint density at radius 2 is 1.45 bits per heavy atom. The summed E-state index contributed by atoms with van der Waals surface area (Å²) in [7, 11) is 1.38. The van der Waals surface area contributed by atoms with Crippen molar-refractivity contribution in [1.29, 1.82) is 0 Å². The lowest BCUT2D eigenvalue weighted by Gasteiger charge is -2.20. The number of rotatable bonds is 10. The first-order valence-electron chi connectivity index (χ1n) is 10.7. The largest absolute Gasteiger partial charge is 0.467 e. The van der Waals surface area contributed by atoms with Crippen LogP contribution in [0, 0.1) is 0 Å². The van der Waals surface area contributed by atoms with Crippen LogP contribution in [0.4, 0.5) is 0 Å². The standard InChI is InChI=1S/C25H31NO3/c1-3-4-5-6-7-8-17-22(25(28)29-2)26-24(27)23-20-15-11-9-13-18(20)19-14-10-12-16-21(19)23/h9-16,22-23H,3-8,17H2,1-2H3,(H,26,27)/t22-/m1/s1. The third-order valence-corrected chi connectivity index (χ3v) is 5.74. The second-order valence-corrected chi connectivity index (χ2v) is 7.75. The molecular formula is C25H31NO3. The Morgan fingerprint density at radius 1 is 0.897 bits per heavy atom. The Labute approximate surface area is 173 Å². The van der Waals surface area contributed by atoms with E-state index in [2.05, 4.69) is 24.4 Å². The fourth-order valence-corrected chi connectivity index (χ4v) is 4.21. The van der Waals surface area contributed by atoms with Gasteiger partial charge in [0, 0.05) is 0 Å². The van der Waals surface area contributed by atoms with E-state index in [0.717, 1.165) is 35.1 Å². The van der Waals surface area contributed by atoms with Gasteiger partial charge in [-0.3, -0.25) is 4.79 Å². The molecule has 1 aliphatic rings. The van der Waals surface area contributed by atoms with Gasteiger partial charge in [-0.2, -0.15) is 0 Å². The topological polar surface area (TPSA) is 55.4 Å². The molecule has 0 aliphatic heterocycles. The van der Waals surface area contributed by atoms with Gasteiger partial charge in [-0.25, -0.2) is 4.79 Å². The van der Waals surface area contributed by atoms with Crippen LogP contribution in [0.1, 0.15) is 68.9 Å². The summed E-state index contributed by atoms with van der Waals surface area (Å²) < 4.78 is 4.96. The Morgan fingerprint density at radius 3 is 2.03 bits per heavy atom. The molecule has 0 saturated carbocycles. The van der Waals surface area contributed by atoms with Gasteiger partial charge in [-0.05, 0) is 28.7 Å². The molecule has 1 N–H and O–H groups in total. The Balaban J connectivity index is 1.70. The summed E-state index contributed by atoms with van der Waals surface area (Å²) in [4.78, 5) is 25.5. The number of carbonyl (C=O) groups excluding carboxylic acids is 2. The molecule has 154 valence electrons. The van der Waals surface area contributed by atoms with Crippen molar-refractivity contribution in [2.75, 3.05) is 7.11 Å². The Bertz CT molecular complexity index is 800. The van der Waals surface area contributed by atoms with Crippen LogP contribution in [-0.4, -0.2) is 25.0 Å². The number of unbranched alkanes of at least 4 members (excludes halogenated alkanes) is 5. The predicted molar refractivity (Wildman–Crippen MR) is 116 cm³/mol. The van der Waals surface area contributed by atoms with Crippen molar-refractivity contribution in [3.8, 4) is 11.1 Å². The number of esters is 1. The van der Waals surface area contributed by atoms with Gasteiger partial charge >= 0.3 is 5.97 Å². The minimum absolute atomic E-state index is 0.135. The number of hydrogen-bond donors (Lipinski definition) is 1. The van der Waals surface area contributed by atoms with Crippen LogP contribution in [0.15, 0.2) is 48.5 Å². The molecule has 0 aromatic heterocycles. The fourth-order valence-electron chi connectivity index (χ4n) is 4.21. The molecule has 3 rings (SSSR count). The van der Waals surface area contributed by atoms with E-state index >= 15 is 0 Å². The van der Waals surface area contributed by atoms with Gasteiger partial charge in [0.25, 0.3) is 0 Å². The number of ether oxygens (including phenoxy) is 1. The summed E-state index contributed by atoms with van der Waals surface area (Å²) in [6.07, 6.45) is 7.43. The normalized spacial score (nSPS) is 13.4. The number of fused-ring (bicyclic) bond motifs is 3. The first-order valence-corrected chi connectivity index (χ1v) is 10.7. The molecule has 0 heterocycles. The molecule has 2 aromatic rings. The maximum atomic E-state index is 13.3. The highest BCUT2D eigenvalue weighted by molar-refractivity contribution is 5.97. The fraction of sp³-hybridized carbons (Fsp3) is 0.440. The van der Waals surface area contributed by atoms with Crippen molar-refractivity contribution >= 4 is 11.9 Å². The first kappa shape index (κ1) is 21.1.